The van der Waals surface area contributed by atoms with E-state index in [0.717, 1.165) is 12.0 Å². The summed E-state index contributed by atoms with van der Waals surface area (Å²) in [5.41, 5.74) is 1.60. The summed E-state index contributed by atoms with van der Waals surface area (Å²) < 4.78 is 26.8. The van der Waals surface area contributed by atoms with E-state index in [-0.39, 0.29) is 10.6 Å². The summed E-state index contributed by atoms with van der Waals surface area (Å²) in [4.78, 5) is 0.118. The van der Waals surface area contributed by atoms with E-state index in [0.29, 0.717) is 5.69 Å². The van der Waals surface area contributed by atoms with Gasteiger partial charge < -0.3 is 5.11 Å². The van der Waals surface area contributed by atoms with Crippen LogP contribution in [-0.4, -0.2) is 13.5 Å². The van der Waals surface area contributed by atoms with Crippen molar-refractivity contribution in [3.05, 3.63) is 54.1 Å². The molecule has 0 heterocycles. The van der Waals surface area contributed by atoms with Gasteiger partial charge in [0, 0.05) is 5.69 Å². The van der Waals surface area contributed by atoms with E-state index in [9.17, 15) is 8.42 Å². The second kappa shape index (κ2) is 5.32. The summed E-state index contributed by atoms with van der Waals surface area (Å²) in [6.07, 6.45) is 0.842. The minimum atomic E-state index is -3.62. The Hall–Kier alpha value is -2.01. The number of nitrogens with one attached hydrogen (secondary N) is 1. The second-order valence-electron chi connectivity index (χ2n) is 4.15. The van der Waals surface area contributed by atoms with Gasteiger partial charge in [0.25, 0.3) is 10.0 Å². The van der Waals surface area contributed by atoms with Gasteiger partial charge in [-0.3, -0.25) is 4.72 Å². The van der Waals surface area contributed by atoms with Crippen molar-refractivity contribution < 1.29 is 13.5 Å². The van der Waals surface area contributed by atoms with Crippen LogP contribution in [0.25, 0.3) is 0 Å². The number of phenols is 1. The van der Waals surface area contributed by atoms with Gasteiger partial charge in [0.15, 0.2) is 0 Å². The number of phenolic OH excluding ortho intramolecular Hbond substituents is 1. The summed E-state index contributed by atoms with van der Waals surface area (Å²) in [7, 11) is -3.62. The number of sulfonamides is 1. The average Bonchev–Trinajstić information content (AvgIpc) is 2.39. The molecule has 0 saturated carbocycles. The van der Waals surface area contributed by atoms with Crippen LogP contribution < -0.4 is 4.72 Å². The molecule has 0 unspecified atom stereocenters. The van der Waals surface area contributed by atoms with Crippen molar-refractivity contribution in [1.29, 1.82) is 0 Å². The molecule has 0 aromatic heterocycles. The van der Waals surface area contributed by atoms with Gasteiger partial charge in [0.2, 0.25) is 0 Å². The van der Waals surface area contributed by atoms with Gasteiger partial charge in [-0.15, -0.1) is 0 Å². The fourth-order valence-electron chi connectivity index (χ4n) is 1.69. The van der Waals surface area contributed by atoms with Gasteiger partial charge in [0.05, 0.1) is 4.90 Å². The lowest BCUT2D eigenvalue weighted by Crippen LogP contribution is -2.12. The zero-order chi connectivity index (χ0) is 13.9. The molecule has 0 aliphatic carbocycles. The Morgan fingerprint density at radius 1 is 1.11 bits per heavy atom. The molecular formula is C14H15NO3S. The largest absolute Gasteiger partial charge is 0.508 e. The lowest BCUT2D eigenvalue weighted by molar-refractivity contribution is 0.475. The Morgan fingerprint density at radius 2 is 1.79 bits per heavy atom. The molecule has 0 saturated heterocycles. The molecule has 4 nitrogen and oxygen atoms in total. The Balaban J connectivity index is 2.28. The molecule has 0 aliphatic rings. The van der Waals surface area contributed by atoms with E-state index in [4.69, 9.17) is 5.11 Å². The SMILES string of the molecule is CCc1cccc(NS(=O)(=O)c2ccc(O)cc2)c1. The minimum absolute atomic E-state index is 0.0342. The smallest absolute Gasteiger partial charge is 0.261 e. The second-order valence-corrected chi connectivity index (χ2v) is 5.84. The highest BCUT2D eigenvalue weighted by Gasteiger charge is 2.13. The highest BCUT2D eigenvalue weighted by atomic mass is 32.2. The third-order valence-corrected chi connectivity index (χ3v) is 4.13. The summed E-state index contributed by atoms with van der Waals surface area (Å²) in [5.74, 6) is 0.0342. The number of rotatable bonds is 4. The third kappa shape index (κ3) is 3.26. The number of aromatic hydroxyl groups is 1. The van der Waals surface area contributed by atoms with E-state index in [1.165, 1.54) is 24.3 Å². The summed E-state index contributed by atoms with van der Waals surface area (Å²) in [5, 5.41) is 9.17. The number of hydrogen-bond acceptors (Lipinski definition) is 3. The first-order valence-electron chi connectivity index (χ1n) is 5.92. The Labute approximate surface area is 112 Å². The van der Waals surface area contributed by atoms with Gasteiger partial charge >= 0.3 is 0 Å². The van der Waals surface area contributed by atoms with Crippen LogP contribution in [0.2, 0.25) is 0 Å². The molecule has 19 heavy (non-hydrogen) atoms. The van der Waals surface area contributed by atoms with Crippen LogP contribution in [-0.2, 0) is 16.4 Å². The van der Waals surface area contributed by atoms with Crippen LogP contribution in [0.5, 0.6) is 5.75 Å². The molecular weight excluding hydrogens is 262 g/mol. The van der Waals surface area contributed by atoms with Crippen molar-refractivity contribution in [2.45, 2.75) is 18.2 Å². The maximum absolute atomic E-state index is 12.1. The van der Waals surface area contributed by atoms with Crippen LogP contribution in [0.3, 0.4) is 0 Å². The Morgan fingerprint density at radius 3 is 2.42 bits per heavy atom. The number of anilines is 1. The topological polar surface area (TPSA) is 66.4 Å². The van der Waals surface area contributed by atoms with Crippen molar-refractivity contribution in [2.24, 2.45) is 0 Å². The summed E-state index contributed by atoms with van der Waals surface area (Å²) >= 11 is 0. The molecule has 0 radical (unpaired) electrons. The van der Waals surface area contributed by atoms with Crippen molar-refractivity contribution >= 4 is 15.7 Å². The number of hydrogen-bond donors (Lipinski definition) is 2. The Kier molecular flexibility index (Phi) is 3.76. The van der Waals surface area contributed by atoms with Crippen molar-refractivity contribution in [1.82, 2.24) is 0 Å². The molecule has 100 valence electrons. The van der Waals surface area contributed by atoms with Gasteiger partial charge in [-0.2, -0.15) is 0 Å². The van der Waals surface area contributed by atoms with E-state index in [1.54, 1.807) is 12.1 Å². The van der Waals surface area contributed by atoms with E-state index in [1.807, 2.05) is 19.1 Å². The lowest BCUT2D eigenvalue weighted by Gasteiger charge is -2.09. The van der Waals surface area contributed by atoms with Crippen molar-refractivity contribution in [2.75, 3.05) is 4.72 Å². The van der Waals surface area contributed by atoms with Crippen LogP contribution in [0.1, 0.15) is 12.5 Å². The highest BCUT2D eigenvalue weighted by molar-refractivity contribution is 7.92. The first-order chi connectivity index (χ1) is 9.01. The molecule has 0 amide bonds. The fourth-order valence-corrected chi connectivity index (χ4v) is 2.74. The zero-order valence-electron chi connectivity index (χ0n) is 10.5. The van der Waals surface area contributed by atoms with Gasteiger partial charge in [-0.1, -0.05) is 19.1 Å². The number of aryl methyl sites for hydroxylation is 1. The maximum Gasteiger partial charge on any atom is 0.261 e. The van der Waals surface area contributed by atoms with Gasteiger partial charge in [-0.25, -0.2) is 8.42 Å². The number of benzene rings is 2. The first-order valence-corrected chi connectivity index (χ1v) is 7.40. The Bertz CT molecular complexity index is 663. The standard InChI is InChI=1S/C14H15NO3S/c1-2-11-4-3-5-12(10-11)15-19(17,18)14-8-6-13(16)7-9-14/h3-10,15-16H,2H2,1H3. The molecule has 0 atom stereocenters. The fraction of sp³-hybridized carbons (Fsp3) is 0.143. The lowest BCUT2D eigenvalue weighted by atomic mass is 10.1. The van der Waals surface area contributed by atoms with E-state index < -0.39 is 10.0 Å². The van der Waals surface area contributed by atoms with E-state index >= 15 is 0 Å². The predicted octanol–water partition coefficient (Wildman–Crippen LogP) is 2.76. The predicted molar refractivity (Wildman–Crippen MR) is 74.7 cm³/mol. The van der Waals surface area contributed by atoms with Crippen LogP contribution in [0.4, 0.5) is 5.69 Å². The molecule has 0 spiro atoms. The molecule has 2 aromatic rings. The highest BCUT2D eigenvalue weighted by Crippen LogP contribution is 2.19. The van der Waals surface area contributed by atoms with E-state index in [2.05, 4.69) is 4.72 Å². The minimum Gasteiger partial charge on any atom is -0.508 e. The first kappa shape index (κ1) is 13.4. The van der Waals surface area contributed by atoms with Gasteiger partial charge in [-0.05, 0) is 48.4 Å². The monoisotopic (exact) mass is 277 g/mol. The average molecular weight is 277 g/mol. The van der Waals surface area contributed by atoms with Crippen LogP contribution >= 0.6 is 0 Å². The van der Waals surface area contributed by atoms with Crippen LogP contribution in [0.15, 0.2) is 53.4 Å². The van der Waals surface area contributed by atoms with Crippen molar-refractivity contribution in [3.8, 4) is 5.75 Å². The molecule has 2 N–H and O–H groups in total. The molecule has 0 bridgehead atoms. The molecule has 5 heteroatoms. The third-order valence-electron chi connectivity index (χ3n) is 2.73. The molecule has 0 fully saturated rings. The summed E-state index contributed by atoms with van der Waals surface area (Å²) in [6.45, 7) is 2.01. The normalized spacial score (nSPS) is 11.2. The molecule has 2 rings (SSSR count). The summed E-state index contributed by atoms with van der Waals surface area (Å²) in [6, 6.07) is 12.7. The maximum atomic E-state index is 12.1. The molecule has 0 aliphatic heterocycles. The van der Waals surface area contributed by atoms with Crippen molar-refractivity contribution in [3.63, 3.8) is 0 Å². The van der Waals surface area contributed by atoms with Crippen LogP contribution in [0, 0.1) is 0 Å². The van der Waals surface area contributed by atoms with Gasteiger partial charge in [0.1, 0.15) is 5.75 Å². The quantitative estimate of drug-likeness (QED) is 0.903. The zero-order valence-corrected chi connectivity index (χ0v) is 11.3. The molecule has 2 aromatic carbocycles.